The molecule has 0 atom stereocenters. The number of amides is 1. The highest BCUT2D eigenvalue weighted by atomic mass is 79.9. The molecule has 1 rings (SSSR count). The van der Waals surface area contributed by atoms with Gasteiger partial charge < -0.3 is 14.8 Å². The lowest BCUT2D eigenvalue weighted by molar-refractivity contribution is 0.0525. The van der Waals surface area contributed by atoms with E-state index in [-0.39, 0.29) is 0 Å². The minimum Gasteiger partial charge on any atom is -0.493 e. The molecule has 5 nitrogen and oxygen atoms in total. The van der Waals surface area contributed by atoms with Crippen molar-refractivity contribution in [3.05, 3.63) is 23.5 Å². The number of nitrogens with zero attached hydrogens (tertiary/aromatic N) is 1. The zero-order valence-electron chi connectivity index (χ0n) is 13.1. The first-order chi connectivity index (χ1) is 10.3. The van der Waals surface area contributed by atoms with E-state index in [0.29, 0.717) is 30.2 Å². The fourth-order valence-corrected chi connectivity index (χ4v) is 2.18. The summed E-state index contributed by atoms with van der Waals surface area (Å²) in [5, 5.41) is 4.07. The van der Waals surface area contributed by atoms with Crippen LogP contribution in [-0.2, 0) is 15.4 Å². The van der Waals surface area contributed by atoms with Gasteiger partial charge in [-0.1, -0.05) is 31.9 Å². The van der Waals surface area contributed by atoms with Gasteiger partial charge in [0.1, 0.15) is 11.4 Å². The predicted molar refractivity (Wildman–Crippen MR) is 93.8 cm³/mol. The Morgan fingerprint density at radius 3 is 2.32 bits per heavy atom. The van der Waals surface area contributed by atoms with E-state index in [1.54, 1.807) is 0 Å². The van der Waals surface area contributed by atoms with E-state index >= 15 is 0 Å². The van der Waals surface area contributed by atoms with Gasteiger partial charge in [0.2, 0.25) is 0 Å². The van der Waals surface area contributed by atoms with Gasteiger partial charge in [-0.05, 0) is 27.2 Å². The molecule has 7 heteroatoms. The van der Waals surface area contributed by atoms with Crippen LogP contribution in [0.15, 0.2) is 12.1 Å². The number of rotatable bonds is 7. The van der Waals surface area contributed by atoms with Crippen LogP contribution < -0.4 is 10.1 Å². The fraction of sp³-hybridized carbons (Fsp3) is 0.600. The first-order valence-corrected chi connectivity index (χ1v) is 9.30. The van der Waals surface area contributed by atoms with Crippen molar-refractivity contribution in [2.75, 3.05) is 13.2 Å². The molecule has 1 aromatic rings. The third-order valence-electron chi connectivity index (χ3n) is 2.44. The summed E-state index contributed by atoms with van der Waals surface area (Å²) in [7, 11) is 0. The molecule has 0 radical (unpaired) electrons. The van der Waals surface area contributed by atoms with E-state index in [0.717, 1.165) is 17.1 Å². The first-order valence-electron chi connectivity index (χ1n) is 7.05. The number of alkyl halides is 2. The Bertz CT molecular complexity index is 468. The topological polar surface area (TPSA) is 60.5 Å². The molecule has 0 spiro atoms. The highest BCUT2D eigenvalue weighted by molar-refractivity contribution is 9.08. The van der Waals surface area contributed by atoms with Gasteiger partial charge in [-0.25, -0.2) is 4.79 Å². The number of hydrogen-bond donors (Lipinski definition) is 1. The van der Waals surface area contributed by atoms with E-state index in [1.165, 1.54) is 0 Å². The van der Waals surface area contributed by atoms with Gasteiger partial charge in [-0.2, -0.15) is 0 Å². The summed E-state index contributed by atoms with van der Waals surface area (Å²) in [5.74, 6) is 0.788. The minimum absolute atomic E-state index is 0.403. The molecule has 0 fully saturated rings. The second-order valence-electron chi connectivity index (χ2n) is 5.68. The summed E-state index contributed by atoms with van der Waals surface area (Å²) in [4.78, 5) is 15.9. The number of aromatic nitrogens is 1. The highest BCUT2D eigenvalue weighted by Gasteiger charge is 2.15. The summed E-state index contributed by atoms with van der Waals surface area (Å²) < 4.78 is 10.9. The zero-order valence-corrected chi connectivity index (χ0v) is 16.3. The number of alkyl carbamates (subject to hydrolysis) is 1. The molecule has 1 aromatic heterocycles. The SMILES string of the molecule is CC(C)(C)OC(=O)NCCCOc1cc(CBr)nc(CBr)c1. The van der Waals surface area contributed by atoms with Gasteiger partial charge in [-0.3, -0.25) is 4.98 Å². The number of ether oxygens (including phenoxy) is 2. The largest absolute Gasteiger partial charge is 0.493 e. The molecule has 0 aliphatic carbocycles. The minimum atomic E-state index is -0.476. The van der Waals surface area contributed by atoms with Crippen molar-refractivity contribution >= 4 is 38.0 Å². The van der Waals surface area contributed by atoms with Gasteiger partial charge in [0.25, 0.3) is 0 Å². The number of nitrogens with one attached hydrogen (secondary N) is 1. The van der Waals surface area contributed by atoms with E-state index in [2.05, 4.69) is 42.2 Å². The van der Waals surface area contributed by atoms with Crippen LogP contribution in [0.3, 0.4) is 0 Å². The Kier molecular flexibility index (Phi) is 8.17. The molecule has 0 aliphatic heterocycles. The van der Waals surface area contributed by atoms with Crippen LogP contribution in [0.4, 0.5) is 4.79 Å². The summed E-state index contributed by atoms with van der Waals surface area (Å²) in [5.41, 5.74) is 1.38. The van der Waals surface area contributed by atoms with Crippen molar-refractivity contribution in [3.63, 3.8) is 0 Å². The zero-order chi connectivity index (χ0) is 16.6. The molecule has 0 aromatic carbocycles. The maximum Gasteiger partial charge on any atom is 0.407 e. The number of carbonyl (C=O) groups is 1. The van der Waals surface area contributed by atoms with Crippen LogP contribution in [0, 0.1) is 0 Å². The standard InChI is InChI=1S/C15H22Br2N2O3/c1-15(2,3)22-14(20)18-5-4-6-21-13-7-11(9-16)19-12(8-13)10-17/h7-8H,4-6,9-10H2,1-3H3,(H,18,20). The van der Waals surface area contributed by atoms with E-state index in [4.69, 9.17) is 9.47 Å². The third-order valence-corrected chi connectivity index (χ3v) is 3.59. The van der Waals surface area contributed by atoms with Gasteiger partial charge >= 0.3 is 6.09 Å². The summed E-state index contributed by atoms with van der Waals surface area (Å²) in [6.45, 7) is 6.53. The van der Waals surface area contributed by atoms with E-state index < -0.39 is 11.7 Å². The Balaban J connectivity index is 2.31. The Labute approximate surface area is 148 Å². The Morgan fingerprint density at radius 2 is 1.82 bits per heavy atom. The van der Waals surface area contributed by atoms with Crippen LogP contribution in [0.1, 0.15) is 38.6 Å². The molecule has 1 amide bonds. The molecule has 1 heterocycles. The van der Waals surface area contributed by atoms with Crippen LogP contribution in [-0.4, -0.2) is 29.8 Å². The molecule has 0 saturated carbocycles. The van der Waals surface area contributed by atoms with Crippen molar-refractivity contribution in [1.29, 1.82) is 0 Å². The molecule has 124 valence electrons. The quantitative estimate of drug-likeness (QED) is 0.513. The second-order valence-corrected chi connectivity index (χ2v) is 6.80. The maximum absolute atomic E-state index is 11.5. The van der Waals surface area contributed by atoms with E-state index in [9.17, 15) is 4.79 Å². The lowest BCUT2D eigenvalue weighted by Gasteiger charge is -2.19. The molecular formula is C15H22Br2N2O3. The Hall–Kier alpha value is -0.820. The van der Waals surface area contributed by atoms with Crippen LogP contribution in [0.2, 0.25) is 0 Å². The molecule has 1 N–H and O–H groups in total. The van der Waals surface area contributed by atoms with Crippen LogP contribution >= 0.6 is 31.9 Å². The maximum atomic E-state index is 11.5. The average Bonchev–Trinajstić information content (AvgIpc) is 2.44. The van der Waals surface area contributed by atoms with Crippen LogP contribution in [0.25, 0.3) is 0 Å². The van der Waals surface area contributed by atoms with Crippen LogP contribution in [0.5, 0.6) is 5.75 Å². The fourth-order valence-electron chi connectivity index (χ4n) is 1.61. The molecule has 0 bridgehead atoms. The average molecular weight is 438 g/mol. The van der Waals surface area contributed by atoms with Crippen molar-refractivity contribution < 1.29 is 14.3 Å². The van der Waals surface area contributed by atoms with E-state index in [1.807, 2.05) is 32.9 Å². The lowest BCUT2D eigenvalue weighted by Crippen LogP contribution is -2.33. The number of hydrogen-bond acceptors (Lipinski definition) is 4. The third kappa shape index (κ3) is 7.98. The highest BCUT2D eigenvalue weighted by Crippen LogP contribution is 2.18. The summed E-state index contributed by atoms with van der Waals surface area (Å²) >= 11 is 6.79. The second kappa shape index (κ2) is 9.35. The van der Waals surface area contributed by atoms with Gasteiger partial charge in [-0.15, -0.1) is 0 Å². The summed E-state index contributed by atoms with van der Waals surface area (Å²) in [6.07, 6.45) is 0.300. The molecule has 0 aliphatic rings. The van der Waals surface area contributed by atoms with Gasteiger partial charge in [0.15, 0.2) is 0 Å². The Morgan fingerprint density at radius 1 is 1.23 bits per heavy atom. The first kappa shape index (κ1) is 19.2. The van der Waals surface area contributed by atoms with Gasteiger partial charge in [0, 0.05) is 29.3 Å². The lowest BCUT2D eigenvalue weighted by atomic mass is 10.2. The predicted octanol–water partition coefficient (Wildman–Crippen LogP) is 4.17. The van der Waals surface area contributed by atoms with Crippen molar-refractivity contribution in [2.45, 2.75) is 43.5 Å². The normalized spacial score (nSPS) is 11.1. The number of carbonyl (C=O) groups excluding carboxylic acids is 1. The van der Waals surface area contributed by atoms with Crippen molar-refractivity contribution in [2.24, 2.45) is 0 Å². The molecular weight excluding hydrogens is 416 g/mol. The summed E-state index contributed by atoms with van der Waals surface area (Å²) in [6, 6.07) is 3.81. The van der Waals surface area contributed by atoms with Gasteiger partial charge in [0.05, 0.1) is 18.0 Å². The van der Waals surface area contributed by atoms with Crippen molar-refractivity contribution in [3.8, 4) is 5.75 Å². The van der Waals surface area contributed by atoms with Crippen molar-refractivity contribution in [1.82, 2.24) is 10.3 Å². The number of pyridine rings is 1. The molecule has 0 unspecified atom stereocenters. The monoisotopic (exact) mass is 436 g/mol. The molecule has 0 saturated heterocycles. The smallest absolute Gasteiger partial charge is 0.407 e. The molecule has 22 heavy (non-hydrogen) atoms. The number of halogens is 2.